The SMILES string of the molecule is CC(C)(C)c1cc(C(=O)O)cc(NCC2CC2(C)C)n1. The number of nitrogens with zero attached hydrogens (tertiary/aromatic N) is 1. The van der Waals surface area contributed by atoms with Gasteiger partial charge in [-0.15, -0.1) is 0 Å². The maximum absolute atomic E-state index is 11.2. The van der Waals surface area contributed by atoms with Crippen molar-refractivity contribution in [1.82, 2.24) is 4.98 Å². The number of hydrogen-bond donors (Lipinski definition) is 2. The zero-order valence-corrected chi connectivity index (χ0v) is 12.9. The van der Waals surface area contributed by atoms with Gasteiger partial charge in [0.1, 0.15) is 5.82 Å². The Labute approximate surface area is 120 Å². The van der Waals surface area contributed by atoms with Crippen LogP contribution in [-0.2, 0) is 5.41 Å². The first-order valence-electron chi connectivity index (χ1n) is 7.09. The van der Waals surface area contributed by atoms with Crippen LogP contribution in [0.3, 0.4) is 0 Å². The van der Waals surface area contributed by atoms with E-state index in [-0.39, 0.29) is 5.41 Å². The zero-order valence-electron chi connectivity index (χ0n) is 12.9. The molecule has 1 aromatic rings. The normalized spacial score (nSPS) is 20.6. The molecule has 1 saturated carbocycles. The lowest BCUT2D eigenvalue weighted by Crippen LogP contribution is -2.17. The van der Waals surface area contributed by atoms with E-state index in [9.17, 15) is 9.90 Å². The molecule has 0 amide bonds. The smallest absolute Gasteiger partial charge is 0.335 e. The van der Waals surface area contributed by atoms with Crippen molar-refractivity contribution in [2.45, 2.75) is 46.5 Å². The Morgan fingerprint density at radius 1 is 1.45 bits per heavy atom. The summed E-state index contributed by atoms with van der Waals surface area (Å²) < 4.78 is 0. The predicted octanol–water partition coefficient (Wildman–Crippen LogP) is 3.54. The lowest BCUT2D eigenvalue weighted by atomic mass is 9.91. The van der Waals surface area contributed by atoms with Crippen molar-refractivity contribution < 1.29 is 9.90 Å². The largest absolute Gasteiger partial charge is 0.478 e. The summed E-state index contributed by atoms with van der Waals surface area (Å²) in [6, 6.07) is 3.28. The highest BCUT2D eigenvalue weighted by molar-refractivity contribution is 5.88. The van der Waals surface area contributed by atoms with Gasteiger partial charge in [0, 0.05) is 17.7 Å². The molecule has 1 unspecified atom stereocenters. The van der Waals surface area contributed by atoms with E-state index in [1.165, 1.54) is 6.42 Å². The Kier molecular flexibility index (Phi) is 3.53. The van der Waals surface area contributed by atoms with Crippen molar-refractivity contribution in [2.75, 3.05) is 11.9 Å². The van der Waals surface area contributed by atoms with Crippen molar-refractivity contribution in [3.63, 3.8) is 0 Å². The van der Waals surface area contributed by atoms with E-state index >= 15 is 0 Å². The number of aromatic nitrogens is 1. The van der Waals surface area contributed by atoms with Crippen LogP contribution in [0.5, 0.6) is 0 Å². The molecule has 1 fully saturated rings. The molecule has 20 heavy (non-hydrogen) atoms. The average Bonchev–Trinajstić information content (AvgIpc) is 2.93. The first-order chi connectivity index (χ1) is 9.09. The van der Waals surface area contributed by atoms with Gasteiger partial charge >= 0.3 is 5.97 Å². The van der Waals surface area contributed by atoms with Crippen molar-refractivity contribution in [3.8, 4) is 0 Å². The topological polar surface area (TPSA) is 62.2 Å². The average molecular weight is 276 g/mol. The Bertz CT molecular complexity index is 530. The van der Waals surface area contributed by atoms with Crippen LogP contribution in [0.25, 0.3) is 0 Å². The molecule has 110 valence electrons. The Morgan fingerprint density at radius 2 is 2.05 bits per heavy atom. The number of rotatable bonds is 4. The van der Waals surface area contributed by atoms with Gasteiger partial charge in [0.25, 0.3) is 0 Å². The van der Waals surface area contributed by atoms with Gasteiger partial charge in [-0.3, -0.25) is 0 Å². The third-order valence-corrected chi connectivity index (χ3v) is 4.09. The minimum atomic E-state index is -0.910. The highest BCUT2D eigenvalue weighted by Gasteiger charge is 2.45. The molecule has 4 nitrogen and oxygen atoms in total. The summed E-state index contributed by atoms with van der Waals surface area (Å²) >= 11 is 0. The highest BCUT2D eigenvalue weighted by Crippen LogP contribution is 2.51. The summed E-state index contributed by atoms with van der Waals surface area (Å²) in [7, 11) is 0. The molecule has 1 atom stereocenters. The van der Waals surface area contributed by atoms with Gasteiger partial charge in [-0.2, -0.15) is 0 Å². The molecular weight excluding hydrogens is 252 g/mol. The first kappa shape index (κ1) is 14.8. The quantitative estimate of drug-likeness (QED) is 0.883. The number of pyridine rings is 1. The molecule has 0 bridgehead atoms. The summed E-state index contributed by atoms with van der Waals surface area (Å²) in [6.07, 6.45) is 1.21. The van der Waals surface area contributed by atoms with E-state index < -0.39 is 5.97 Å². The van der Waals surface area contributed by atoms with Gasteiger partial charge in [-0.25, -0.2) is 9.78 Å². The fourth-order valence-corrected chi connectivity index (χ4v) is 2.28. The maximum atomic E-state index is 11.2. The maximum Gasteiger partial charge on any atom is 0.335 e. The number of nitrogens with one attached hydrogen (secondary N) is 1. The van der Waals surface area contributed by atoms with Crippen LogP contribution in [0.2, 0.25) is 0 Å². The van der Waals surface area contributed by atoms with E-state index in [2.05, 4.69) is 24.1 Å². The van der Waals surface area contributed by atoms with Crippen molar-refractivity contribution >= 4 is 11.8 Å². The number of anilines is 1. The molecule has 0 aliphatic heterocycles. The van der Waals surface area contributed by atoms with Gasteiger partial charge in [0.2, 0.25) is 0 Å². The van der Waals surface area contributed by atoms with Crippen LogP contribution in [0.1, 0.15) is 57.1 Å². The van der Waals surface area contributed by atoms with Crippen LogP contribution < -0.4 is 5.32 Å². The number of carboxylic acids is 1. The number of carbonyl (C=O) groups is 1. The van der Waals surface area contributed by atoms with E-state index in [4.69, 9.17) is 0 Å². The summed E-state index contributed by atoms with van der Waals surface area (Å²) in [5.74, 6) is 0.404. The molecule has 0 aromatic carbocycles. The first-order valence-corrected chi connectivity index (χ1v) is 7.09. The zero-order chi connectivity index (χ0) is 15.1. The lowest BCUT2D eigenvalue weighted by Gasteiger charge is -2.19. The molecule has 1 heterocycles. The molecular formula is C16H24N2O2. The second-order valence-corrected chi connectivity index (χ2v) is 7.45. The molecule has 2 rings (SSSR count). The number of aromatic carboxylic acids is 1. The highest BCUT2D eigenvalue weighted by atomic mass is 16.4. The van der Waals surface area contributed by atoms with Crippen molar-refractivity contribution in [2.24, 2.45) is 11.3 Å². The molecule has 1 aromatic heterocycles. The van der Waals surface area contributed by atoms with Crippen LogP contribution in [0.15, 0.2) is 12.1 Å². The van der Waals surface area contributed by atoms with Gasteiger partial charge in [0.05, 0.1) is 5.56 Å². The fourth-order valence-electron chi connectivity index (χ4n) is 2.28. The molecule has 1 aliphatic carbocycles. The molecule has 1 aliphatic rings. The Hall–Kier alpha value is -1.58. The van der Waals surface area contributed by atoms with Gasteiger partial charge < -0.3 is 10.4 Å². The Morgan fingerprint density at radius 3 is 2.50 bits per heavy atom. The predicted molar refractivity (Wildman–Crippen MR) is 80.3 cm³/mol. The van der Waals surface area contributed by atoms with Crippen molar-refractivity contribution in [3.05, 3.63) is 23.4 Å². The van der Waals surface area contributed by atoms with Gasteiger partial charge in [0.15, 0.2) is 0 Å². The summed E-state index contributed by atoms with van der Waals surface area (Å²) in [5, 5.41) is 12.5. The minimum absolute atomic E-state index is 0.166. The minimum Gasteiger partial charge on any atom is -0.478 e. The van der Waals surface area contributed by atoms with E-state index in [1.54, 1.807) is 12.1 Å². The summed E-state index contributed by atoms with van der Waals surface area (Å²) in [6.45, 7) is 11.5. The van der Waals surface area contributed by atoms with Gasteiger partial charge in [-0.1, -0.05) is 34.6 Å². The van der Waals surface area contributed by atoms with Crippen LogP contribution in [0.4, 0.5) is 5.82 Å². The lowest BCUT2D eigenvalue weighted by molar-refractivity contribution is 0.0696. The fraction of sp³-hybridized carbons (Fsp3) is 0.625. The second-order valence-electron chi connectivity index (χ2n) is 7.45. The molecule has 2 N–H and O–H groups in total. The van der Waals surface area contributed by atoms with E-state index in [0.29, 0.717) is 22.7 Å². The van der Waals surface area contributed by atoms with Crippen LogP contribution in [-0.4, -0.2) is 22.6 Å². The molecule has 4 heteroatoms. The molecule has 0 radical (unpaired) electrons. The standard InChI is InChI=1S/C16H24N2O2/c1-15(2,3)12-6-10(14(19)20)7-13(18-12)17-9-11-8-16(11,4)5/h6-7,11H,8-9H2,1-5H3,(H,17,18)(H,19,20). The van der Waals surface area contributed by atoms with Crippen molar-refractivity contribution in [1.29, 1.82) is 0 Å². The molecule has 0 saturated heterocycles. The van der Waals surface area contributed by atoms with E-state index in [1.807, 2.05) is 20.8 Å². The van der Waals surface area contributed by atoms with Gasteiger partial charge in [-0.05, 0) is 29.9 Å². The molecule has 0 spiro atoms. The third kappa shape index (κ3) is 3.30. The third-order valence-electron chi connectivity index (χ3n) is 4.09. The van der Waals surface area contributed by atoms with E-state index in [0.717, 1.165) is 12.2 Å². The number of hydrogen-bond acceptors (Lipinski definition) is 3. The van der Waals surface area contributed by atoms with Crippen LogP contribution in [0, 0.1) is 11.3 Å². The summed E-state index contributed by atoms with van der Waals surface area (Å²) in [5.41, 5.74) is 1.34. The monoisotopic (exact) mass is 276 g/mol. The Balaban J connectivity index is 2.19. The second kappa shape index (κ2) is 4.76. The van der Waals surface area contributed by atoms with Crippen LogP contribution >= 0.6 is 0 Å². The number of carboxylic acid groups (broad SMARTS) is 1. The summed E-state index contributed by atoms with van der Waals surface area (Å²) in [4.78, 5) is 15.8.